The number of nitrogens with zero attached hydrogens (tertiary/aromatic N) is 3. The van der Waals surface area contributed by atoms with Gasteiger partial charge in [0.1, 0.15) is 23.0 Å². The van der Waals surface area contributed by atoms with Gasteiger partial charge in [-0.15, -0.1) is 0 Å². The van der Waals surface area contributed by atoms with Gasteiger partial charge in [0.15, 0.2) is 5.96 Å². The van der Waals surface area contributed by atoms with E-state index in [2.05, 4.69) is 31.7 Å². The van der Waals surface area contributed by atoms with E-state index in [1.54, 1.807) is 18.1 Å². The number of guanidine groups is 1. The van der Waals surface area contributed by atoms with Gasteiger partial charge < -0.3 is 20.5 Å². The second-order valence-electron chi connectivity index (χ2n) is 7.11. The molecule has 1 aromatic carbocycles. The van der Waals surface area contributed by atoms with Gasteiger partial charge in [0.05, 0.1) is 0 Å². The summed E-state index contributed by atoms with van der Waals surface area (Å²) in [4.78, 5) is 13.5. The summed E-state index contributed by atoms with van der Waals surface area (Å²) in [5.41, 5.74) is 2.13. The average molecular weight is 398 g/mol. The summed E-state index contributed by atoms with van der Waals surface area (Å²) in [7, 11) is 1.72. The Labute approximate surface area is 168 Å². The zero-order valence-electron chi connectivity index (χ0n) is 16.3. The van der Waals surface area contributed by atoms with Crippen LogP contribution in [0.5, 0.6) is 0 Å². The summed E-state index contributed by atoms with van der Waals surface area (Å²) < 4.78 is 28.1. The first-order valence-electron chi connectivity index (χ1n) is 9.73. The third-order valence-electron chi connectivity index (χ3n) is 5.23. The maximum Gasteiger partial charge on any atom is 0.191 e. The number of anilines is 1. The van der Waals surface area contributed by atoms with Crippen LogP contribution in [0.15, 0.2) is 47.7 Å². The predicted octanol–water partition coefficient (Wildman–Crippen LogP) is 2.83. The monoisotopic (exact) mass is 398 g/mol. The highest BCUT2D eigenvalue weighted by atomic mass is 19.1. The fourth-order valence-corrected chi connectivity index (χ4v) is 3.80. The van der Waals surface area contributed by atoms with E-state index in [1.807, 2.05) is 12.3 Å². The molecule has 0 saturated carbocycles. The minimum atomic E-state index is -0.527. The zero-order valence-corrected chi connectivity index (χ0v) is 16.3. The topological polar surface area (TPSA) is 68.3 Å². The number of aromatic amines is 1. The molecule has 6 nitrogen and oxygen atoms in total. The number of aliphatic imine (C=N–C) groups is 1. The average Bonchev–Trinajstić information content (AvgIpc) is 3.34. The van der Waals surface area contributed by atoms with Crippen LogP contribution in [0, 0.1) is 11.6 Å². The van der Waals surface area contributed by atoms with Gasteiger partial charge in [-0.1, -0.05) is 6.07 Å². The third-order valence-corrected chi connectivity index (χ3v) is 5.23. The molecule has 8 heteroatoms. The van der Waals surface area contributed by atoms with E-state index in [4.69, 9.17) is 0 Å². The molecule has 1 atom stereocenters. The Kier molecular flexibility index (Phi) is 5.59. The van der Waals surface area contributed by atoms with Gasteiger partial charge in [0.25, 0.3) is 0 Å². The van der Waals surface area contributed by atoms with Gasteiger partial charge in [-0.2, -0.15) is 0 Å². The number of benzene rings is 1. The summed E-state index contributed by atoms with van der Waals surface area (Å²) in [6.07, 6.45) is 5.35. The van der Waals surface area contributed by atoms with Gasteiger partial charge in [-0.3, -0.25) is 4.99 Å². The highest BCUT2D eigenvalue weighted by Gasteiger charge is 2.27. The summed E-state index contributed by atoms with van der Waals surface area (Å²) in [6.45, 7) is 1.82. The second-order valence-corrected chi connectivity index (χ2v) is 7.11. The number of H-pyrrole nitrogens is 1. The van der Waals surface area contributed by atoms with Crippen LogP contribution >= 0.6 is 0 Å². The number of aromatic nitrogens is 2. The molecular weight excluding hydrogens is 374 g/mol. The summed E-state index contributed by atoms with van der Waals surface area (Å²) in [5.74, 6) is -0.369. The summed E-state index contributed by atoms with van der Waals surface area (Å²) in [5, 5.41) is 7.79. The van der Waals surface area contributed by atoms with E-state index in [-0.39, 0.29) is 11.7 Å². The number of halogens is 2. The molecule has 4 rings (SSSR count). The van der Waals surface area contributed by atoms with E-state index < -0.39 is 11.6 Å². The Bertz CT molecular complexity index is 995. The number of hydrogen-bond donors (Lipinski definition) is 3. The molecule has 1 aliphatic heterocycles. The number of nitrogens with one attached hydrogen (secondary N) is 3. The molecule has 152 valence electrons. The van der Waals surface area contributed by atoms with E-state index in [0.29, 0.717) is 25.6 Å². The molecule has 29 heavy (non-hydrogen) atoms. The van der Waals surface area contributed by atoms with E-state index in [1.165, 1.54) is 23.8 Å². The van der Waals surface area contributed by atoms with Crippen molar-refractivity contribution in [1.29, 1.82) is 0 Å². The molecular formula is C21H24F2N6. The normalized spacial score (nSPS) is 17.1. The minimum absolute atomic E-state index is 0.0488. The van der Waals surface area contributed by atoms with Crippen LogP contribution in [-0.4, -0.2) is 48.7 Å². The van der Waals surface area contributed by atoms with Crippen molar-refractivity contribution in [2.45, 2.75) is 18.9 Å². The van der Waals surface area contributed by atoms with Crippen LogP contribution in [0.4, 0.5) is 14.5 Å². The van der Waals surface area contributed by atoms with Crippen LogP contribution < -0.4 is 15.5 Å². The van der Waals surface area contributed by atoms with Crippen molar-refractivity contribution in [1.82, 2.24) is 20.6 Å². The lowest BCUT2D eigenvalue weighted by molar-refractivity contribution is 0.576. The van der Waals surface area contributed by atoms with Crippen LogP contribution in [0.2, 0.25) is 0 Å². The van der Waals surface area contributed by atoms with E-state index >= 15 is 0 Å². The molecule has 3 N–H and O–H groups in total. The molecule has 1 unspecified atom stereocenters. The van der Waals surface area contributed by atoms with Crippen molar-refractivity contribution in [2.75, 3.05) is 31.6 Å². The first kappa shape index (κ1) is 19.2. The lowest BCUT2D eigenvalue weighted by atomic mass is 10.1. The maximum absolute atomic E-state index is 14.0. The molecule has 2 aromatic heterocycles. The van der Waals surface area contributed by atoms with Crippen LogP contribution in [0.3, 0.4) is 0 Å². The van der Waals surface area contributed by atoms with E-state index in [9.17, 15) is 8.78 Å². The molecule has 3 heterocycles. The number of fused-ring (bicyclic) bond motifs is 1. The van der Waals surface area contributed by atoms with Crippen molar-refractivity contribution in [3.8, 4) is 0 Å². The number of pyridine rings is 1. The Balaban J connectivity index is 1.31. The fraction of sp³-hybridized carbons (Fsp3) is 0.333. The van der Waals surface area contributed by atoms with E-state index in [0.717, 1.165) is 23.9 Å². The predicted molar refractivity (Wildman–Crippen MR) is 111 cm³/mol. The Morgan fingerprint density at radius 2 is 2.10 bits per heavy atom. The quantitative estimate of drug-likeness (QED) is 0.457. The smallest absolute Gasteiger partial charge is 0.191 e. The third kappa shape index (κ3) is 4.16. The number of para-hydroxylation sites is 1. The second kappa shape index (κ2) is 8.46. The Morgan fingerprint density at radius 1 is 1.28 bits per heavy atom. The Hall–Kier alpha value is -3.16. The molecule has 1 aliphatic rings. The molecule has 1 fully saturated rings. The SMILES string of the molecule is CN=C(NCCc1c[nH]c2ncccc12)NC1CCN(c2c(F)cccc2F)C1. The van der Waals surface area contributed by atoms with Crippen molar-refractivity contribution in [2.24, 2.45) is 4.99 Å². The van der Waals surface area contributed by atoms with Gasteiger partial charge in [0, 0.05) is 50.5 Å². The number of rotatable bonds is 5. The first-order valence-corrected chi connectivity index (χ1v) is 9.73. The minimum Gasteiger partial charge on any atom is -0.365 e. The summed E-state index contributed by atoms with van der Waals surface area (Å²) in [6, 6.07) is 8.01. The molecule has 1 saturated heterocycles. The Morgan fingerprint density at radius 3 is 2.90 bits per heavy atom. The lowest BCUT2D eigenvalue weighted by Crippen LogP contribution is -2.45. The molecule has 3 aromatic rings. The summed E-state index contributed by atoms with van der Waals surface area (Å²) >= 11 is 0. The first-order chi connectivity index (χ1) is 14.2. The molecule has 0 aliphatic carbocycles. The highest BCUT2D eigenvalue weighted by Crippen LogP contribution is 2.26. The van der Waals surface area contributed by atoms with Crippen molar-refractivity contribution in [3.63, 3.8) is 0 Å². The van der Waals surface area contributed by atoms with Crippen LogP contribution in [-0.2, 0) is 6.42 Å². The molecule has 0 spiro atoms. The van der Waals surface area contributed by atoms with Crippen molar-refractivity contribution < 1.29 is 8.78 Å². The van der Waals surface area contributed by atoms with Crippen LogP contribution in [0.1, 0.15) is 12.0 Å². The van der Waals surface area contributed by atoms with Crippen molar-refractivity contribution >= 4 is 22.7 Å². The fourth-order valence-electron chi connectivity index (χ4n) is 3.80. The molecule has 0 radical (unpaired) electrons. The molecule has 0 amide bonds. The largest absolute Gasteiger partial charge is 0.365 e. The van der Waals surface area contributed by atoms with Gasteiger partial charge in [-0.05, 0) is 42.7 Å². The number of hydrogen-bond acceptors (Lipinski definition) is 3. The lowest BCUT2D eigenvalue weighted by Gasteiger charge is -2.21. The maximum atomic E-state index is 14.0. The van der Waals surface area contributed by atoms with Gasteiger partial charge >= 0.3 is 0 Å². The zero-order chi connectivity index (χ0) is 20.2. The van der Waals surface area contributed by atoms with Crippen molar-refractivity contribution in [3.05, 3.63) is 59.9 Å². The standard InChI is InChI=1S/C21H24F2N6/c1-24-21(26-10-7-14-12-27-20-16(14)4-3-9-25-20)28-15-8-11-29(13-15)19-17(22)5-2-6-18(19)23/h2-6,9,12,15H,7-8,10-11,13H2,1H3,(H,25,27)(H2,24,26,28). The van der Waals surface area contributed by atoms with Crippen LogP contribution in [0.25, 0.3) is 11.0 Å². The molecule has 0 bridgehead atoms. The highest BCUT2D eigenvalue weighted by molar-refractivity contribution is 5.81. The van der Waals surface area contributed by atoms with Gasteiger partial charge in [0.2, 0.25) is 0 Å². The van der Waals surface area contributed by atoms with Gasteiger partial charge in [-0.25, -0.2) is 13.8 Å².